The van der Waals surface area contributed by atoms with Crippen LogP contribution in [0.4, 0.5) is 5.88 Å². The van der Waals surface area contributed by atoms with E-state index < -0.39 is 0 Å². The van der Waals surface area contributed by atoms with Crippen LogP contribution in [0, 0.1) is 0 Å². The molecule has 16 heavy (non-hydrogen) atoms. The second-order valence-corrected chi connectivity index (χ2v) is 3.93. The Balaban J connectivity index is 2.73. The summed E-state index contributed by atoms with van der Waals surface area (Å²) >= 11 is 3.36. The number of rotatable bonds is 2. The Morgan fingerprint density at radius 2 is 2.25 bits per heavy atom. The van der Waals surface area contributed by atoms with Crippen LogP contribution in [-0.2, 0) is 0 Å². The summed E-state index contributed by atoms with van der Waals surface area (Å²) in [5, 5.41) is 13.3. The zero-order valence-corrected chi connectivity index (χ0v) is 9.98. The van der Waals surface area contributed by atoms with Gasteiger partial charge < -0.3 is 20.1 Å². The van der Waals surface area contributed by atoms with Crippen LogP contribution in [0.25, 0.3) is 11.1 Å². The average Bonchev–Trinajstić information content (AvgIpc) is 2.67. The third-order valence-electron chi connectivity index (χ3n) is 2.16. The summed E-state index contributed by atoms with van der Waals surface area (Å²) in [5.74, 6) is 0.523. The van der Waals surface area contributed by atoms with Crippen molar-refractivity contribution in [3.05, 3.63) is 22.8 Å². The van der Waals surface area contributed by atoms with Crippen molar-refractivity contribution in [3.8, 4) is 22.6 Å². The molecule has 0 spiro atoms. The van der Waals surface area contributed by atoms with Crippen LogP contribution in [0.2, 0.25) is 0 Å². The molecule has 6 heteroatoms. The van der Waals surface area contributed by atoms with Gasteiger partial charge in [0.1, 0.15) is 0 Å². The van der Waals surface area contributed by atoms with E-state index in [-0.39, 0.29) is 11.6 Å². The predicted molar refractivity (Wildman–Crippen MR) is 62.3 cm³/mol. The van der Waals surface area contributed by atoms with Crippen LogP contribution in [0.3, 0.4) is 0 Å². The van der Waals surface area contributed by atoms with E-state index in [0.717, 1.165) is 4.47 Å². The van der Waals surface area contributed by atoms with Crippen LogP contribution < -0.4 is 10.5 Å². The van der Waals surface area contributed by atoms with Gasteiger partial charge in [0.05, 0.1) is 18.9 Å². The van der Waals surface area contributed by atoms with Crippen molar-refractivity contribution < 1.29 is 14.4 Å². The molecule has 1 aromatic heterocycles. The number of nitrogens with two attached hydrogens (primary N) is 1. The lowest BCUT2D eigenvalue weighted by molar-refractivity contribution is 0.374. The minimum absolute atomic E-state index is 0.0290. The quantitative estimate of drug-likeness (QED) is 0.885. The van der Waals surface area contributed by atoms with Gasteiger partial charge in [-0.3, -0.25) is 0 Å². The molecule has 0 unspecified atom stereocenters. The minimum Gasteiger partial charge on any atom is -0.504 e. The van der Waals surface area contributed by atoms with Crippen molar-refractivity contribution >= 4 is 21.8 Å². The Labute approximate surface area is 99.9 Å². The molecule has 2 aromatic rings. The van der Waals surface area contributed by atoms with Crippen molar-refractivity contribution in [3.63, 3.8) is 0 Å². The predicted octanol–water partition coefficient (Wildman–Crippen LogP) is 2.40. The fourth-order valence-corrected chi connectivity index (χ4v) is 1.97. The van der Waals surface area contributed by atoms with Crippen LogP contribution in [-0.4, -0.2) is 17.4 Å². The van der Waals surface area contributed by atoms with Crippen LogP contribution >= 0.6 is 15.9 Å². The molecule has 0 atom stereocenters. The van der Waals surface area contributed by atoms with Gasteiger partial charge in [0.15, 0.2) is 11.5 Å². The highest BCUT2D eigenvalue weighted by molar-refractivity contribution is 9.10. The molecule has 0 fully saturated rings. The van der Waals surface area contributed by atoms with E-state index in [1.54, 1.807) is 6.07 Å². The fourth-order valence-electron chi connectivity index (χ4n) is 1.44. The number of ether oxygens (including phenoxy) is 1. The molecule has 2 rings (SSSR count). The monoisotopic (exact) mass is 284 g/mol. The van der Waals surface area contributed by atoms with Crippen LogP contribution in [0.15, 0.2) is 27.3 Å². The van der Waals surface area contributed by atoms with E-state index in [1.165, 1.54) is 19.4 Å². The zero-order valence-electron chi connectivity index (χ0n) is 8.40. The second-order valence-electron chi connectivity index (χ2n) is 3.08. The lowest BCUT2D eigenvalue weighted by atomic mass is 10.1. The average molecular weight is 285 g/mol. The van der Waals surface area contributed by atoms with Crippen molar-refractivity contribution in [1.82, 2.24) is 5.16 Å². The molecule has 0 bridgehead atoms. The first-order valence-electron chi connectivity index (χ1n) is 4.41. The van der Waals surface area contributed by atoms with E-state index in [2.05, 4.69) is 21.1 Å². The molecule has 0 saturated heterocycles. The number of anilines is 1. The number of hydrogen-bond acceptors (Lipinski definition) is 5. The number of phenolic OH excluding ortho intramolecular Hbond substituents is 1. The summed E-state index contributed by atoms with van der Waals surface area (Å²) in [7, 11) is 1.47. The number of nitrogen functional groups attached to an aromatic ring is 1. The van der Waals surface area contributed by atoms with Gasteiger partial charge in [-0.25, -0.2) is 0 Å². The summed E-state index contributed by atoms with van der Waals surface area (Å²) in [5.41, 5.74) is 6.81. The van der Waals surface area contributed by atoms with E-state index in [4.69, 9.17) is 15.0 Å². The number of nitrogens with zero attached hydrogens (tertiary/aromatic N) is 1. The summed E-state index contributed by atoms with van der Waals surface area (Å²) in [6.07, 6.45) is 1.47. The highest BCUT2D eigenvalue weighted by Gasteiger charge is 2.18. The number of hydrogen-bond donors (Lipinski definition) is 2. The summed E-state index contributed by atoms with van der Waals surface area (Å²) in [6.45, 7) is 0. The molecular weight excluding hydrogens is 276 g/mol. The van der Waals surface area contributed by atoms with Crippen LogP contribution in [0.1, 0.15) is 0 Å². The molecule has 0 aliphatic heterocycles. The molecule has 1 heterocycles. The molecule has 5 nitrogen and oxygen atoms in total. The number of phenols is 1. The standard InChI is InChI=1S/C10H9BrN2O3/c1-15-9-7(14)3-2-6(11)8(9)5-4-13-16-10(5)12/h2-4,14H,12H2,1H3. The fraction of sp³-hybridized carbons (Fsp3) is 0.100. The molecule has 0 aliphatic rings. The zero-order chi connectivity index (χ0) is 11.7. The van der Waals surface area contributed by atoms with E-state index in [0.29, 0.717) is 16.9 Å². The van der Waals surface area contributed by atoms with Gasteiger partial charge in [0, 0.05) is 10.0 Å². The van der Waals surface area contributed by atoms with E-state index in [9.17, 15) is 5.11 Å². The van der Waals surface area contributed by atoms with Gasteiger partial charge in [-0.2, -0.15) is 0 Å². The summed E-state index contributed by atoms with van der Waals surface area (Å²) < 4.78 is 10.6. The van der Waals surface area contributed by atoms with E-state index >= 15 is 0 Å². The number of aromatic nitrogens is 1. The Morgan fingerprint density at radius 1 is 1.50 bits per heavy atom. The maximum absolute atomic E-state index is 9.67. The van der Waals surface area contributed by atoms with Crippen molar-refractivity contribution in [2.45, 2.75) is 0 Å². The normalized spacial score (nSPS) is 10.4. The molecule has 0 radical (unpaired) electrons. The Hall–Kier alpha value is -1.69. The first-order chi connectivity index (χ1) is 7.65. The van der Waals surface area contributed by atoms with Crippen LogP contribution in [0.5, 0.6) is 11.5 Å². The van der Waals surface area contributed by atoms with Gasteiger partial charge in [0.2, 0.25) is 5.88 Å². The third kappa shape index (κ3) is 1.61. The van der Waals surface area contributed by atoms with Crippen molar-refractivity contribution in [2.24, 2.45) is 0 Å². The highest BCUT2D eigenvalue weighted by atomic mass is 79.9. The Morgan fingerprint density at radius 3 is 2.81 bits per heavy atom. The lowest BCUT2D eigenvalue weighted by Crippen LogP contribution is -1.92. The SMILES string of the molecule is COc1c(O)ccc(Br)c1-c1cnoc1N. The Bertz CT molecular complexity index is 525. The highest BCUT2D eigenvalue weighted by Crippen LogP contribution is 2.44. The molecular formula is C10H9BrN2O3. The number of aromatic hydroxyl groups is 1. The number of methoxy groups -OCH3 is 1. The summed E-state index contributed by atoms with van der Waals surface area (Å²) in [4.78, 5) is 0. The topological polar surface area (TPSA) is 81.5 Å². The molecule has 0 amide bonds. The molecule has 1 aromatic carbocycles. The van der Waals surface area contributed by atoms with Gasteiger partial charge >= 0.3 is 0 Å². The number of halogens is 1. The van der Waals surface area contributed by atoms with E-state index in [1.807, 2.05) is 0 Å². The first kappa shape index (κ1) is 10.8. The molecule has 3 N–H and O–H groups in total. The first-order valence-corrected chi connectivity index (χ1v) is 5.20. The smallest absolute Gasteiger partial charge is 0.230 e. The maximum atomic E-state index is 9.67. The van der Waals surface area contributed by atoms with Crippen molar-refractivity contribution in [1.29, 1.82) is 0 Å². The van der Waals surface area contributed by atoms with Gasteiger partial charge in [-0.1, -0.05) is 21.1 Å². The maximum Gasteiger partial charge on any atom is 0.230 e. The largest absolute Gasteiger partial charge is 0.504 e. The molecule has 0 aliphatic carbocycles. The lowest BCUT2D eigenvalue weighted by Gasteiger charge is -2.10. The van der Waals surface area contributed by atoms with Gasteiger partial charge in [-0.05, 0) is 12.1 Å². The minimum atomic E-state index is 0.0290. The third-order valence-corrected chi connectivity index (χ3v) is 2.82. The van der Waals surface area contributed by atoms with Gasteiger partial charge in [-0.15, -0.1) is 0 Å². The number of benzene rings is 1. The summed E-state index contributed by atoms with van der Waals surface area (Å²) in [6, 6.07) is 3.22. The van der Waals surface area contributed by atoms with Gasteiger partial charge in [0.25, 0.3) is 0 Å². The molecule has 84 valence electrons. The second kappa shape index (κ2) is 4.05. The molecule has 0 saturated carbocycles. The Kier molecular flexibility index (Phi) is 2.74. The van der Waals surface area contributed by atoms with Crippen molar-refractivity contribution in [2.75, 3.05) is 12.8 Å².